The molecule has 0 aromatic heterocycles. The topological polar surface area (TPSA) is 44.9 Å². The van der Waals surface area contributed by atoms with Crippen molar-refractivity contribution in [2.45, 2.75) is 45.1 Å². The van der Waals surface area contributed by atoms with Crippen molar-refractivity contribution in [2.75, 3.05) is 32.7 Å². The number of nitrogens with zero attached hydrogens (tertiary/aromatic N) is 3. The molecular formula is C13H26N4. The minimum absolute atomic E-state index is 0.714. The van der Waals surface area contributed by atoms with Crippen LogP contribution in [-0.4, -0.2) is 54.5 Å². The van der Waals surface area contributed by atoms with Crippen LogP contribution < -0.4 is 5.73 Å². The molecule has 4 heteroatoms. The molecule has 1 atom stereocenters. The first-order valence-electron chi connectivity index (χ1n) is 7.10. The van der Waals surface area contributed by atoms with Gasteiger partial charge in [0, 0.05) is 25.7 Å². The van der Waals surface area contributed by atoms with Crippen LogP contribution in [0.15, 0.2) is 4.99 Å². The van der Waals surface area contributed by atoms with E-state index < -0.39 is 0 Å². The Labute approximate surface area is 105 Å². The van der Waals surface area contributed by atoms with E-state index in [-0.39, 0.29) is 0 Å². The van der Waals surface area contributed by atoms with Gasteiger partial charge in [-0.3, -0.25) is 9.89 Å². The van der Waals surface area contributed by atoms with E-state index in [9.17, 15) is 0 Å². The molecule has 0 aromatic rings. The summed E-state index contributed by atoms with van der Waals surface area (Å²) in [6.07, 6.45) is 6.48. The first kappa shape index (κ1) is 12.7. The molecule has 2 fully saturated rings. The van der Waals surface area contributed by atoms with Gasteiger partial charge in [0.05, 0.1) is 0 Å². The minimum atomic E-state index is 0.714. The van der Waals surface area contributed by atoms with Crippen LogP contribution >= 0.6 is 0 Å². The van der Waals surface area contributed by atoms with Crippen LogP contribution in [0.5, 0.6) is 0 Å². The highest BCUT2D eigenvalue weighted by Crippen LogP contribution is 2.19. The zero-order chi connectivity index (χ0) is 12.1. The molecule has 0 saturated carbocycles. The Bertz CT molecular complexity index is 258. The van der Waals surface area contributed by atoms with Gasteiger partial charge in [-0.15, -0.1) is 0 Å². The van der Waals surface area contributed by atoms with Gasteiger partial charge in [0.15, 0.2) is 5.96 Å². The molecule has 2 heterocycles. The summed E-state index contributed by atoms with van der Waals surface area (Å²) in [6.45, 7) is 7.72. The predicted molar refractivity (Wildman–Crippen MR) is 72.2 cm³/mol. The van der Waals surface area contributed by atoms with E-state index in [0.717, 1.165) is 32.0 Å². The fourth-order valence-corrected chi connectivity index (χ4v) is 2.86. The van der Waals surface area contributed by atoms with Crippen molar-refractivity contribution in [3.05, 3.63) is 0 Å². The van der Waals surface area contributed by atoms with Gasteiger partial charge in [-0.2, -0.15) is 0 Å². The smallest absolute Gasteiger partial charge is 0.191 e. The quantitative estimate of drug-likeness (QED) is 0.595. The van der Waals surface area contributed by atoms with E-state index in [1.165, 1.54) is 38.8 Å². The second-order valence-electron chi connectivity index (χ2n) is 5.23. The number of hydrogen-bond acceptors (Lipinski definition) is 2. The van der Waals surface area contributed by atoms with E-state index in [1.807, 2.05) is 0 Å². The molecule has 2 rings (SSSR count). The molecular weight excluding hydrogens is 212 g/mol. The highest BCUT2D eigenvalue weighted by Gasteiger charge is 2.29. The fourth-order valence-electron chi connectivity index (χ4n) is 2.86. The van der Waals surface area contributed by atoms with E-state index in [2.05, 4.69) is 21.7 Å². The van der Waals surface area contributed by atoms with Gasteiger partial charge < -0.3 is 10.6 Å². The van der Waals surface area contributed by atoms with Crippen molar-refractivity contribution in [1.82, 2.24) is 9.80 Å². The third-order valence-corrected chi connectivity index (χ3v) is 3.89. The molecule has 4 nitrogen and oxygen atoms in total. The van der Waals surface area contributed by atoms with Crippen LogP contribution in [0.2, 0.25) is 0 Å². The highest BCUT2D eigenvalue weighted by molar-refractivity contribution is 5.78. The molecule has 0 spiro atoms. The van der Waals surface area contributed by atoms with Gasteiger partial charge in [0.1, 0.15) is 0 Å². The number of guanidine groups is 1. The average Bonchev–Trinajstić information content (AvgIpc) is 2.86. The Balaban J connectivity index is 1.82. The molecule has 0 radical (unpaired) electrons. The molecule has 0 aliphatic carbocycles. The number of likely N-dealkylation sites (tertiary alicyclic amines) is 2. The summed E-state index contributed by atoms with van der Waals surface area (Å²) >= 11 is 0. The Morgan fingerprint density at radius 3 is 2.71 bits per heavy atom. The van der Waals surface area contributed by atoms with Crippen molar-refractivity contribution in [1.29, 1.82) is 0 Å². The van der Waals surface area contributed by atoms with Crippen molar-refractivity contribution in [2.24, 2.45) is 10.7 Å². The molecule has 17 heavy (non-hydrogen) atoms. The number of hydrogen-bond donors (Lipinski definition) is 1. The maximum atomic E-state index is 6.01. The van der Waals surface area contributed by atoms with Crippen LogP contribution in [0.25, 0.3) is 0 Å². The van der Waals surface area contributed by atoms with E-state index >= 15 is 0 Å². The van der Waals surface area contributed by atoms with E-state index in [0.29, 0.717) is 6.04 Å². The molecule has 1 unspecified atom stereocenters. The molecule has 2 aliphatic heterocycles. The van der Waals surface area contributed by atoms with Crippen LogP contribution in [0.3, 0.4) is 0 Å². The Hall–Kier alpha value is -0.770. The summed E-state index contributed by atoms with van der Waals surface area (Å²) in [5.41, 5.74) is 6.01. The van der Waals surface area contributed by atoms with Crippen LogP contribution in [0.4, 0.5) is 0 Å². The molecule has 2 saturated heterocycles. The third-order valence-electron chi connectivity index (χ3n) is 3.89. The first-order valence-corrected chi connectivity index (χ1v) is 7.10. The normalized spacial score (nSPS) is 27.7. The molecule has 0 bridgehead atoms. The molecule has 98 valence electrons. The van der Waals surface area contributed by atoms with Gasteiger partial charge in [-0.25, -0.2) is 0 Å². The zero-order valence-corrected chi connectivity index (χ0v) is 11.1. The van der Waals surface area contributed by atoms with Crippen LogP contribution in [0, 0.1) is 0 Å². The third kappa shape index (κ3) is 3.35. The Morgan fingerprint density at radius 1 is 1.24 bits per heavy atom. The Morgan fingerprint density at radius 2 is 2.00 bits per heavy atom. The van der Waals surface area contributed by atoms with E-state index in [1.54, 1.807) is 0 Å². The lowest BCUT2D eigenvalue weighted by Crippen LogP contribution is -2.43. The summed E-state index contributed by atoms with van der Waals surface area (Å²) in [5, 5.41) is 0. The second kappa shape index (κ2) is 6.24. The lowest BCUT2D eigenvalue weighted by atomic mass is 10.1. The lowest BCUT2D eigenvalue weighted by Gasteiger charge is -2.32. The largest absolute Gasteiger partial charge is 0.370 e. The van der Waals surface area contributed by atoms with E-state index in [4.69, 9.17) is 5.73 Å². The SMILES string of the molecule is CCCN=C(N)N1CCC(N2CCCCC2)C1. The molecule has 0 aromatic carbocycles. The highest BCUT2D eigenvalue weighted by atomic mass is 15.3. The minimum Gasteiger partial charge on any atom is -0.370 e. The fraction of sp³-hybridized carbons (Fsp3) is 0.923. The first-order chi connectivity index (χ1) is 8.31. The maximum absolute atomic E-state index is 6.01. The average molecular weight is 238 g/mol. The zero-order valence-electron chi connectivity index (χ0n) is 11.1. The summed E-state index contributed by atoms with van der Waals surface area (Å²) in [5.74, 6) is 0.756. The van der Waals surface area contributed by atoms with Gasteiger partial charge in [0.25, 0.3) is 0 Å². The monoisotopic (exact) mass is 238 g/mol. The Kier molecular flexibility index (Phi) is 4.66. The number of aliphatic imine (C=N–C) groups is 1. The van der Waals surface area contributed by atoms with Crippen LogP contribution in [0.1, 0.15) is 39.0 Å². The lowest BCUT2D eigenvalue weighted by molar-refractivity contribution is 0.169. The van der Waals surface area contributed by atoms with Gasteiger partial charge >= 0.3 is 0 Å². The maximum Gasteiger partial charge on any atom is 0.191 e. The summed E-state index contributed by atoms with van der Waals surface area (Å²) < 4.78 is 0. The van der Waals surface area contributed by atoms with Gasteiger partial charge in [0.2, 0.25) is 0 Å². The van der Waals surface area contributed by atoms with Gasteiger partial charge in [-0.1, -0.05) is 13.3 Å². The molecule has 2 N–H and O–H groups in total. The standard InChI is InChI=1S/C13H26N4/c1-2-7-15-13(14)17-10-6-12(11-17)16-8-4-3-5-9-16/h12H,2-11H2,1H3,(H2,14,15). The number of rotatable bonds is 3. The van der Waals surface area contributed by atoms with Crippen molar-refractivity contribution in [3.63, 3.8) is 0 Å². The predicted octanol–water partition coefficient (Wildman–Crippen LogP) is 1.27. The van der Waals surface area contributed by atoms with Crippen molar-refractivity contribution in [3.8, 4) is 0 Å². The molecule has 2 aliphatic rings. The van der Waals surface area contributed by atoms with Crippen molar-refractivity contribution < 1.29 is 0 Å². The summed E-state index contributed by atoms with van der Waals surface area (Å²) in [6, 6.07) is 0.714. The van der Waals surface area contributed by atoms with Gasteiger partial charge in [-0.05, 0) is 38.8 Å². The number of piperidine rings is 1. The molecule has 0 amide bonds. The second-order valence-corrected chi connectivity index (χ2v) is 5.23. The summed E-state index contributed by atoms with van der Waals surface area (Å²) in [4.78, 5) is 9.31. The summed E-state index contributed by atoms with van der Waals surface area (Å²) in [7, 11) is 0. The number of nitrogens with two attached hydrogens (primary N) is 1. The van der Waals surface area contributed by atoms with Crippen LogP contribution in [-0.2, 0) is 0 Å². The van der Waals surface area contributed by atoms with Crippen molar-refractivity contribution >= 4 is 5.96 Å².